The van der Waals surface area contributed by atoms with Gasteiger partial charge in [-0.25, -0.2) is 0 Å². The van der Waals surface area contributed by atoms with Crippen molar-refractivity contribution in [2.75, 3.05) is 0 Å². The fourth-order valence-corrected chi connectivity index (χ4v) is 1.77. The SMILES string of the molecule is CC1CC1c1ccc(C(N)CC(=O)O)o1. The van der Waals surface area contributed by atoms with Crippen molar-refractivity contribution in [1.29, 1.82) is 0 Å². The quantitative estimate of drug-likeness (QED) is 0.793. The molecule has 82 valence electrons. The van der Waals surface area contributed by atoms with Crippen molar-refractivity contribution >= 4 is 5.97 Å². The van der Waals surface area contributed by atoms with Crippen molar-refractivity contribution in [3.05, 3.63) is 23.7 Å². The van der Waals surface area contributed by atoms with E-state index in [9.17, 15) is 4.79 Å². The van der Waals surface area contributed by atoms with Crippen LogP contribution in [0.25, 0.3) is 0 Å². The molecule has 1 aliphatic carbocycles. The molecule has 0 aliphatic heterocycles. The van der Waals surface area contributed by atoms with E-state index < -0.39 is 12.0 Å². The normalized spacial score (nSPS) is 26.3. The average Bonchev–Trinajstić information content (AvgIpc) is 2.70. The molecule has 1 saturated carbocycles. The lowest BCUT2D eigenvalue weighted by atomic mass is 10.2. The highest BCUT2D eigenvalue weighted by atomic mass is 16.4. The standard InChI is InChI=1S/C11H15NO3/c1-6-4-7(6)9-2-3-10(15-9)8(12)5-11(13)14/h2-3,6-8H,4-5,12H2,1H3,(H,13,14). The third kappa shape index (κ3) is 2.21. The van der Waals surface area contributed by atoms with E-state index in [1.807, 2.05) is 6.07 Å². The Bertz CT molecular complexity index is 372. The second-order valence-corrected chi connectivity index (χ2v) is 4.26. The van der Waals surface area contributed by atoms with Crippen LogP contribution in [-0.2, 0) is 4.79 Å². The molecule has 2 rings (SSSR count). The van der Waals surface area contributed by atoms with Crippen molar-refractivity contribution in [2.24, 2.45) is 11.7 Å². The first kappa shape index (κ1) is 10.2. The van der Waals surface area contributed by atoms with E-state index in [-0.39, 0.29) is 6.42 Å². The minimum atomic E-state index is -0.903. The predicted molar refractivity (Wildman–Crippen MR) is 54.4 cm³/mol. The molecule has 1 aliphatic rings. The van der Waals surface area contributed by atoms with Gasteiger partial charge in [-0.05, 0) is 24.5 Å². The second-order valence-electron chi connectivity index (χ2n) is 4.26. The average molecular weight is 209 g/mol. The van der Waals surface area contributed by atoms with Gasteiger partial charge in [0.15, 0.2) is 0 Å². The fraction of sp³-hybridized carbons (Fsp3) is 0.545. The van der Waals surface area contributed by atoms with Gasteiger partial charge in [0.2, 0.25) is 0 Å². The molecule has 3 unspecified atom stereocenters. The molecule has 0 bridgehead atoms. The number of nitrogens with two attached hydrogens (primary N) is 1. The molecule has 1 heterocycles. The molecule has 1 fully saturated rings. The van der Waals surface area contributed by atoms with Gasteiger partial charge in [0.05, 0.1) is 12.5 Å². The number of hydrogen-bond acceptors (Lipinski definition) is 3. The molecular weight excluding hydrogens is 194 g/mol. The summed E-state index contributed by atoms with van der Waals surface area (Å²) >= 11 is 0. The van der Waals surface area contributed by atoms with Crippen LogP contribution in [0.4, 0.5) is 0 Å². The van der Waals surface area contributed by atoms with Gasteiger partial charge in [0, 0.05) is 5.92 Å². The van der Waals surface area contributed by atoms with Gasteiger partial charge in [0.1, 0.15) is 11.5 Å². The third-order valence-electron chi connectivity index (χ3n) is 2.88. The van der Waals surface area contributed by atoms with Gasteiger partial charge in [-0.1, -0.05) is 6.92 Å². The van der Waals surface area contributed by atoms with Crippen LogP contribution < -0.4 is 5.73 Å². The van der Waals surface area contributed by atoms with Crippen molar-refractivity contribution in [1.82, 2.24) is 0 Å². The molecule has 3 N–H and O–H groups in total. The van der Waals surface area contributed by atoms with Gasteiger partial charge < -0.3 is 15.3 Å². The van der Waals surface area contributed by atoms with Crippen LogP contribution in [0, 0.1) is 5.92 Å². The zero-order chi connectivity index (χ0) is 11.0. The van der Waals surface area contributed by atoms with E-state index in [2.05, 4.69) is 6.92 Å². The highest BCUT2D eigenvalue weighted by Gasteiger charge is 2.36. The van der Waals surface area contributed by atoms with E-state index in [1.165, 1.54) is 0 Å². The summed E-state index contributed by atoms with van der Waals surface area (Å²) in [6.45, 7) is 2.17. The van der Waals surface area contributed by atoms with Crippen molar-refractivity contribution in [2.45, 2.75) is 31.7 Å². The number of carbonyl (C=O) groups is 1. The van der Waals surface area contributed by atoms with Crippen LogP contribution in [-0.4, -0.2) is 11.1 Å². The van der Waals surface area contributed by atoms with E-state index in [0.29, 0.717) is 17.6 Å². The Labute approximate surface area is 88.1 Å². The topological polar surface area (TPSA) is 76.5 Å². The lowest BCUT2D eigenvalue weighted by Gasteiger charge is -2.04. The van der Waals surface area contributed by atoms with Crippen molar-refractivity contribution < 1.29 is 14.3 Å². The summed E-state index contributed by atoms with van der Waals surface area (Å²) in [4.78, 5) is 10.5. The zero-order valence-electron chi connectivity index (χ0n) is 8.64. The molecule has 0 radical (unpaired) electrons. The Morgan fingerprint density at radius 2 is 2.40 bits per heavy atom. The molecule has 0 amide bonds. The lowest BCUT2D eigenvalue weighted by Crippen LogP contribution is -2.14. The predicted octanol–water partition coefficient (Wildman–Crippen LogP) is 1.88. The summed E-state index contributed by atoms with van der Waals surface area (Å²) < 4.78 is 5.55. The molecular formula is C11H15NO3. The molecule has 1 aromatic heterocycles. The van der Waals surface area contributed by atoms with Crippen LogP contribution >= 0.6 is 0 Å². The number of aliphatic carboxylic acids is 1. The molecule has 3 atom stereocenters. The first-order valence-electron chi connectivity index (χ1n) is 5.15. The van der Waals surface area contributed by atoms with Crippen LogP contribution in [0.5, 0.6) is 0 Å². The van der Waals surface area contributed by atoms with Crippen LogP contribution in [0.1, 0.15) is 43.2 Å². The summed E-state index contributed by atoms with van der Waals surface area (Å²) in [5.41, 5.74) is 5.69. The summed E-state index contributed by atoms with van der Waals surface area (Å²) in [6, 6.07) is 3.16. The van der Waals surface area contributed by atoms with E-state index in [1.54, 1.807) is 6.07 Å². The van der Waals surface area contributed by atoms with Gasteiger partial charge in [-0.15, -0.1) is 0 Å². The van der Waals surface area contributed by atoms with Crippen molar-refractivity contribution in [3.8, 4) is 0 Å². The first-order valence-corrected chi connectivity index (χ1v) is 5.15. The molecule has 1 aromatic rings. The highest BCUT2D eigenvalue weighted by molar-refractivity contribution is 5.67. The van der Waals surface area contributed by atoms with E-state index in [0.717, 1.165) is 12.2 Å². The minimum absolute atomic E-state index is 0.0901. The van der Waals surface area contributed by atoms with Crippen molar-refractivity contribution in [3.63, 3.8) is 0 Å². The zero-order valence-corrected chi connectivity index (χ0v) is 8.64. The Balaban J connectivity index is 2.03. The summed E-state index contributed by atoms with van der Waals surface area (Å²) in [5.74, 6) is 1.81. The van der Waals surface area contributed by atoms with Gasteiger partial charge in [-0.3, -0.25) is 4.79 Å². The summed E-state index contributed by atoms with van der Waals surface area (Å²) in [5, 5.41) is 8.59. The van der Waals surface area contributed by atoms with E-state index in [4.69, 9.17) is 15.3 Å². The van der Waals surface area contributed by atoms with Gasteiger partial charge in [0.25, 0.3) is 0 Å². The van der Waals surface area contributed by atoms with Gasteiger partial charge >= 0.3 is 5.97 Å². The number of carboxylic acid groups (broad SMARTS) is 1. The Hall–Kier alpha value is -1.29. The third-order valence-corrected chi connectivity index (χ3v) is 2.88. The number of furan rings is 1. The highest BCUT2D eigenvalue weighted by Crippen LogP contribution is 2.47. The maximum atomic E-state index is 10.5. The van der Waals surface area contributed by atoms with E-state index >= 15 is 0 Å². The van der Waals surface area contributed by atoms with Crippen LogP contribution in [0.3, 0.4) is 0 Å². The second kappa shape index (κ2) is 3.70. The largest absolute Gasteiger partial charge is 0.481 e. The molecule has 0 aromatic carbocycles. The molecule has 4 nitrogen and oxygen atoms in total. The maximum absolute atomic E-state index is 10.5. The van der Waals surface area contributed by atoms with Crippen LogP contribution in [0.2, 0.25) is 0 Å². The minimum Gasteiger partial charge on any atom is -0.481 e. The van der Waals surface area contributed by atoms with Crippen LogP contribution in [0.15, 0.2) is 16.5 Å². The van der Waals surface area contributed by atoms with Gasteiger partial charge in [-0.2, -0.15) is 0 Å². The number of rotatable bonds is 4. The molecule has 4 heteroatoms. The lowest BCUT2D eigenvalue weighted by molar-refractivity contribution is -0.137. The Morgan fingerprint density at radius 1 is 1.73 bits per heavy atom. The smallest absolute Gasteiger partial charge is 0.305 e. The maximum Gasteiger partial charge on any atom is 0.305 e. The fourth-order valence-electron chi connectivity index (χ4n) is 1.77. The number of carboxylic acids is 1. The first-order chi connectivity index (χ1) is 7.08. The molecule has 0 spiro atoms. The summed E-state index contributed by atoms with van der Waals surface area (Å²) in [7, 11) is 0. The Morgan fingerprint density at radius 3 is 2.93 bits per heavy atom. The molecule has 15 heavy (non-hydrogen) atoms. The molecule has 0 saturated heterocycles. The summed E-state index contributed by atoms with van der Waals surface area (Å²) in [6.07, 6.45) is 1.06. The monoisotopic (exact) mass is 209 g/mol. The Kier molecular flexibility index (Phi) is 2.52. The number of hydrogen-bond donors (Lipinski definition) is 2.